The van der Waals surface area contributed by atoms with E-state index in [-0.39, 0.29) is 0 Å². The van der Waals surface area contributed by atoms with Crippen molar-refractivity contribution in [2.24, 2.45) is 0 Å². The molecule has 0 unspecified atom stereocenters. The second kappa shape index (κ2) is 14.4. The van der Waals surface area contributed by atoms with Gasteiger partial charge in [0.2, 0.25) is 11.8 Å². The molecule has 1 spiro atoms. The average Bonchev–Trinajstić information content (AvgIpc) is 4.09. The molecule has 11 aromatic rings. The maximum absolute atomic E-state index is 9.49. The van der Waals surface area contributed by atoms with Gasteiger partial charge in [-0.15, -0.1) is 0 Å². The molecular formula is C59H32N4O3. The van der Waals surface area contributed by atoms with Gasteiger partial charge in [0.15, 0.2) is 11.2 Å². The van der Waals surface area contributed by atoms with Crippen LogP contribution in [0.5, 0.6) is 11.5 Å². The molecule has 9 aromatic carbocycles. The Labute approximate surface area is 378 Å². The van der Waals surface area contributed by atoms with Gasteiger partial charge in [-0.2, -0.15) is 10.5 Å². The van der Waals surface area contributed by atoms with Gasteiger partial charge < -0.3 is 13.6 Å². The molecule has 3 heterocycles. The molecule has 0 bridgehead atoms. The largest absolute Gasteiger partial charge is 0.457 e. The molecule has 0 saturated heterocycles. The van der Waals surface area contributed by atoms with Crippen LogP contribution < -0.4 is 4.74 Å². The summed E-state index contributed by atoms with van der Waals surface area (Å²) in [7, 11) is 0. The second-order valence-electron chi connectivity index (χ2n) is 16.7. The first-order valence-corrected chi connectivity index (χ1v) is 21.6. The molecule has 7 heteroatoms. The zero-order valence-electron chi connectivity index (χ0n) is 35.0. The molecule has 1 aliphatic heterocycles. The van der Waals surface area contributed by atoms with Crippen molar-refractivity contribution in [3.05, 3.63) is 228 Å². The molecule has 0 radical (unpaired) electrons. The summed E-state index contributed by atoms with van der Waals surface area (Å²) in [5.41, 5.74) is 18.0. The van der Waals surface area contributed by atoms with Crippen LogP contribution in [0, 0.1) is 22.7 Å². The molecule has 0 N–H and O–H groups in total. The molecule has 2 aliphatic rings. The van der Waals surface area contributed by atoms with E-state index in [1.807, 2.05) is 30.3 Å². The first-order chi connectivity index (χ1) is 32.5. The number of nitriles is 2. The van der Waals surface area contributed by atoms with Crippen molar-refractivity contribution in [2.45, 2.75) is 5.41 Å². The van der Waals surface area contributed by atoms with Crippen molar-refractivity contribution in [3.8, 4) is 91.1 Å². The quantitative estimate of drug-likeness (QED) is 0.170. The van der Waals surface area contributed by atoms with Crippen LogP contribution in [0.2, 0.25) is 0 Å². The summed E-state index contributed by atoms with van der Waals surface area (Å²) >= 11 is 0. The lowest BCUT2D eigenvalue weighted by Crippen LogP contribution is -2.32. The van der Waals surface area contributed by atoms with E-state index in [0.717, 1.165) is 67.1 Å². The van der Waals surface area contributed by atoms with Gasteiger partial charge in [-0.25, -0.2) is 9.97 Å². The molecule has 0 saturated carbocycles. The Morgan fingerprint density at radius 2 is 0.803 bits per heavy atom. The zero-order chi connectivity index (χ0) is 43.9. The highest BCUT2D eigenvalue weighted by molar-refractivity contribution is 5.91. The number of benzene rings is 9. The first kappa shape index (κ1) is 37.3. The van der Waals surface area contributed by atoms with E-state index in [4.69, 9.17) is 23.5 Å². The van der Waals surface area contributed by atoms with Crippen LogP contribution >= 0.6 is 0 Å². The minimum atomic E-state index is -0.523. The van der Waals surface area contributed by atoms with Crippen LogP contribution in [-0.2, 0) is 5.41 Å². The minimum Gasteiger partial charge on any atom is -0.457 e. The number of aromatic nitrogens is 2. The third-order valence-corrected chi connectivity index (χ3v) is 13.1. The fourth-order valence-corrected chi connectivity index (χ4v) is 10.0. The first-order valence-electron chi connectivity index (χ1n) is 21.6. The third-order valence-electron chi connectivity index (χ3n) is 13.1. The predicted molar refractivity (Wildman–Crippen MR) is 256 cm³/mol. The van der Waals surface area contributed by atoms with Crippen LogP contribution in [0.4, 0.5) is 0 Å². The zero-order valence-corrected chi connectivity index (χ0v) is 35.0. The highest BCUT2D eigenvalue weighted by atomic mass is 16.5. The van der Waals surface area contributed by atoms with Gasteiger partial charge in [0.05, 0.1) is 28.7 Å². The van der Waals surface area contributed by atoms with Gasteiger partial charge in [0.1, 0.15) is 22.5 Å². The van der Waals surface area contributed by atoms with Crippen molar-refractivity contribution >= 4 is 22.2 Å². The van der Waals surface area contributed by atoms with Crippen molar-refractivity contribution in [1.29, 1.82) is 10.5 Å². The number of ether oxygens (including phenoxy) is 1. The fourth-order valence-electron chi connectivity index (χ4n) is 10.0. The highest BCUT2D eigenvalue weighted by Gasteiger charge is 2.51. The van der Waals surface area contributed by atoms with Gasteiger partial charge in [-0.3, -0.25) is 0 Å². The van der Waals surface area contributed by atoms with E-state index in [2.05, 4.69) is 140 Å². The fraction of sp³-hybridized carbons (Fsp3) is 0.0169. The number of rotatable bonds is 5. The molecule has 0 fully saturated rings. The summed E-state index contributed by atoms with van der Waals surface area (Å²) in [5.74, 6) is 2.58. The Morgan fingerprint density at radius 1 is 0.364 bits per heavy atom. The average molecular weight is 845 g/mol. The van der Waals surface area contributed by atoms with E-state index in [9.17, 15) is 10.5 Å². The van der Waals surface area contributed by atoms with Crippen LogP contribution in [0.15, 0.2) is 203 Å². The van der Waals surface area contributed by atoms with Gasteiger partial charge in [-0.1, -0.05) is 121 Å². The van der Waals surface area contributed by atoms with Gasteiger partial charge in [-0.05, 0) is 128 Å². The Hall–Kier alpha value is -9.30. The molecule has 13 rings (SSSR count). The van der Waals surface area contributed by atoms with Crippen molar-refractivity contribution < 1.29 is 13.6 Å². The Kier molecular flexibility index (Phi) is 8.11. The normalized spacial score (nSPS) is 12.8. The number of oxazole rings is 2. The van der Waals surface area contributed by atoms with Crippen LogP contribution in [0.1, 0.15) is 33.4 Å². The SMILES string of the molecule is N#Cc1ccc2oc(-c3cc(-c4ccc(-c5ccc(-c6ccc7c(c6)C6(c8ccccc8Oc8ccccc86)c6ccccc6-7)cc5)cc4)cc(-c4nc5cc(C#N)ccc5o4)c3)nc2c1. The molecule has 7 nitrogen and oxygen atoms in total. The number of hydrogen-bond acceptors (Lipinski definition) is 7. The van der Waals surface area contributed by atoms with Crippen LogP contribution in [0.3, 0.4) is 0 Å². The molecule has 306 valence electrons. The van der Waals surface area contributed by atoms with Crippen molar-refractivity contribution in [2.75, 3.05) is 0 Å². The van der Waals surface area contributed by atoms with Crippen LogP contribution in [0.25, 0.3) is 89.6 Å². The maximum atomic E-state index is 9.49. The maximum Gasteiger partial charge on any atom is 0.227 e. The molecule has 66 heavy (non-hydrogen) atoms. The van der Waals surface area contributed by atoms with Crippen molar-refractivity contribution in [1.82, 2.24) is 9.97 Å². The summed E-state index contributed by atoms with van der Waals surface area (Å²) in [6, 6.07) is 70.7. The smallest absolute Gasteiger partial charge is 0.227 e. The van der Waals surface area contributed by atoms with Gasteiger partial charge >= 0.3 is 0 Å². The van der Waals surface area contributed by atoms with E-state index in [0.29, 0.717) is 45.1 Å². The summed E-state index contributed by atoms with van der Waals surface area (Å²) in [4.78, 5) is 9.53. The summed E-state index contributed by atoms with van der Waals surface area (Å²) in [6.45, 7) is 0. The lowest BCUT2D eigenvalue weighted by atomic mass is 9.66. The van der Waals surface area contributed by atoms with Crippen molar-refractivity contribution in [3.63, 3.8) is 0 Å². The van der Waals surface area contributed by atoms with E-state index < -0.39 is 5.41 Å². The Morgan fingerprint density at radius 3 is 1.35 bits per heavy atom. The molecule has 1 aliphatic carbocycles. The van der Waals surface area contributed by atoms with E-state index in [1.54, 1.807) is 36.4 Å². The predicted octanol–water partition coefficient (Wildman–Crippen LogP) is 14.5. The lowest BCUT2D eigenvalue weighted by molar-refractivity contribution is 0.436. The Balaban J connectivity index is 0.858. The number of nitrogens with zero attached hydrogens (tertiary/aromatic N) is 4. The second-order valence-corrected chi connectivity index (χ2v) is 16.7. The molecular weight excluding hydrogens is 813 g/mol. The highest BCUT2D eigenvalue weighted by Crippen LogP contribution is 2.62. The topological polar surface area (TPSA) is 109 Å². The van der Waals surface area contributed by atoms with E-state index >= 15 is 0 Å². The monoisotopic (exact) mass is 844 g/mol. The molecule has 2 aromatic heterocycles. The van der Waals surface area contributed by atoms with Gasteiger partial charge in [0.25, 0.3) is 0 Å². The van der Waals surface area contributed by atoms with E-state index in [1.165, 1.54) is 22.3 Å². The number of hydrogen-bond donors (Lipinski definition) is 0. The standard InChI is InChI=1S/C59H32N4O3/c60-33-35-13-25-55-51(27-35)62-57(65-55)43-29-42(30-44(31-43)58-63-52-28-36(34-61)14-26-56(52)66-58)40-21-17-38(18-22-40)37-15-19-39(20-16-37)41-23-24-46-45-7-1-2-8-47(45)59(50(46)32-41)48-9-3-5-11-53(48)64-54-12-6-4-10-49(54)59/h1-32H. The molecule has 0 atom stereocenters. The number of para-hydroxylation sites is 2. The lowest BCUT2D eigenvalue weighted by Gasteiger charge is -2.39. The molecule has 0 amide bonds. The summed E-state index contributed by atoms with van der Waals surface area (Å²) < 4.78 is 19.0. The summed E-state index contributed by atoms with van der Waals surface area (Å²) in [5, 5.41) is 19.0. The Bertz CT molecular complexity index is 3730. The summed E-state index contributed by atoms with van der Waals surface area (Å²) in [6.07, 6.45) is 0. The van der Waals surface area contributed by atoms with Gasteiger partial charge in [0, 0.05) is 22.3 Å². The van der Waals surface area contributed by atoms with Crippen LogP contribution in [-0.4, -0.2) is 9.97 Å². The third kappa shape index (κ3) is 5.68. The number of fused-ring (bicyclic) bond motifs is 11. The minimum absolute atomic E-state index is 0.410.